The third kappa shape index (κ3) is 1.88. The summed E-state index contributed by atoms with van der Waals surface area (Å²) in [7, 11) is 0. The van der Waals surface area contributed by atoms with Crippen LogP contribution in [0.5, 0.6) is 0 Å². The number of fused-ring (bicyclic) bond motifs is 1. The van der Waals surface area contributed by atoms with E-state index < -0.39 is 0 Å². The minimum absolute atomic E-state index is 0.584. The van der Waals surface area contributed by atoms with Crippen LogP contribution in [0.15, 0.2) is 42.6 Å². The van der Waals surface area contributed by atoms with E-state index in [1.54, 1.807) is 10.6 Å². The summed E-state index contributed by atoms with van der Waals surface area (Å²) in [6.45, 7) is 0. The molecule has 0 amide bonds. The molecule has 0 atom stereocenters. The number of halogens is 2. The van der Waals surface area contributed by atoms with Gasteiger partial charge in [-0.2, -0.15) is 0 Å². The quantitative estimate of drug-likeness (QED) is 0.670. The van der Waals surface area contributed by atoms with Crippen LogP contribution in [0.3, 0.4) is 0 Å². The van der Waals surface area contributed by atoms with E-state index in [1.807, 2.05) is 36.5 Å². The summed E-state index contributed by atoms with van der Waals surface area (Å²) in [5, 5.41) is 5.63. The van der Waals surface area contributed by atoms with Gasteiger partial charge in [0.2, 0.25) is 0 Å². The lowest BCUT2D eigenvalue weighted by Crippen LogP contribution is -1.85. The van der Waals surface area contributed by atoms with Gasteiger partial charge in [0.05, 0.1) is 5.02 Å². The molecule has 3 nitrogen and oxygen atoms in total. The zero-order valence-electron chi connectivity index (χ0n) is 8.64. The molecular formula is C12H7Cl2N3. The summed E-state index contributed by atoms with van der Waals surface area (Å²) in [5.41, 5.74) is 1.56. The highest BCUT2D eigenvalue weighted by Crippen LogP contribution is 2.21. The number of nitrogens with zero attached hydrogens (tertiary/aromatic N) is 3. The van der Waals surface area contributed by atoms with Gasteiger partial charge >= 0.3 is 0 Å². The maximum atomic E-state index is 6.04. The third-order valence-electron chi connectivity index (χ3n) is 2.42. The Morgan fingerprint density at radius 2 is 1.76 bits per heavy atom. The van der Waals surface area contributed by atoms with Crippen molar-refractivity contribution in [2.75, 3.05) is 0 Å². The van der Waals surface area contributed by atoms with E-state index in [-0.39, 0.29) is 0 Å². The van der Waals surface area contributed by atoms with Crippen LogP contribution in [0, 0.1) is 0 Å². The number of rotatable bonds is 1. The number of aromatic nitrogens is 3. The first kappa shape index (κ1) is 10.6. The lowest BCUT2D eigenvalue weighted by Gasteiger charge is -1.93. The van der Waals surface area contributed by atoms with Gasteiger partial charge in [0.25, 0.3) is 0 Å². The summed E-state index contributed by atoms with van der Waals surface area (Å²) in [4.78, 5) is 4.39. The summed E-state index contributed by atoms with van der Waals surface area (Å²) in [5.74, 6) is 0.634. The second kappa shape index (κ2) is 4.02. The molecule has 2 aromatic heterocycles. The molecule has 0 saturated heterocycles. The highest BCUT2D eigenvalue weighted by molar-refractivity contribution is 6.33. The Balaban J connectivity index is 2.18. The van der Waals surface area contributed by atoms with Crippen LogP contribution in [0.2, 0.25) is 10.0 Å². The zero-order chi connectivity index (χ0) is 11.8. The lowest BCUT2D eigenvalue weighted by atomic mass is 10.2. The van der Waals surface area contributed by atoms with Crippen LogP contribution in [0.25, 0.3) is 17.0 Å². The highest BCUT2D eigenvalue weighted by Gasteiger charge is 2.08. The molecule has 0 aliphatic rings. The van der Waals surface area contributed by atoms with Gasteiger partial charge < -0.3 is 0 Å². The smallest absolute Gasteiger partial charge is 0.182 e. The van der Waals surface area contributed by atoms with Crippen LogP contribution < -0.4 is 0 Å². The Morgan fingerprint density at radius 1 is 1.00 bits per heavy atom. The molecule has 0 aliphatic carbocycles. The largest absolute Gasteiger partial charge is 0.219 e. The molecule has 0 spiro atoms. The normalized spacial score (nSPS) is 10.9. The lowest BCUT2D eigenvalue weighted by molar-refractivity contribution is 0.966. The van der Waals surface area contributed by atoms with E-state index in [9.17, 15) is 0 Å². The van der Waals surface area contributed by atoms with Crippen molar-refractivity contribution in [2.45, 2.75) is 0 Å². The van der Waals surface area contributed by atoms with Gasteiger partial charge in [-0.1, -0.05) is 23.2 Å². The van der Waals surface area contributed by atoms with Gasteiger partial charge in [0.1, 0.15) is 0 Å². The van der Waals surface area contributed by atoms with E-state index in [2.05, 4.69) is 10.1 Å². The van der Waals surface area contributed by atoms with Crippen LogP contribution in [0.1, 0.15) is 0 Å². The van der Waals surface area contributed by atoms with Gasteiger partial charge in [0, 0.05) is 16.8 Å². The second-order valence-corrected chi connectivity index (χ2v) is 4.41. The monoisotopic (exact) mass is 263 g/mol. The molecule has 17 heavy (non-hydrogen) atoms. The molecule has 0 unspecified atom stereocenters. The van der Waals surface area contributed by atoms with Crippen molar-refractivity contribution >= 4 is 28.8 Å². The molecule has 84 valence electrons. The van der Waals surface area contributed by atoms with Gasteiger partial charge in [-0.15, -0.1) is 5.10 Å². The molecule has 0 radical (unpaired) electrons. The van der Waals surface area contributed by atoms with Crippen LogP contribution in [-0.4, -0.2) is 14.6 Å². The fraction of sp³-hybridized carbons (Fsp3) is 0. The number of benzene rings is 1. The van der Waals surface area contributed by atoms with Crippen LogP contribution >= 0.6 is 23.2 Å². The minimum Gasteiger partial charge on any atom is -0.219 e. The second-order valence-electron chi connectivity index (χ2n) is 3.57. The number of pyridine rings is 1. The van der Waals surface area contributed by atoms with Gasteiger partial charge in [0.15, 0.2) is 11.5 Å². The summed E-state index contributed by atoms with van der Waals surface area (Å²) in [6, 6.07) is 11.0. The standard InChI is InChI=1S/C12H7Cl2N3/c13-9-5-3-8(4-6-9)11-15-12-10(14)2-1-7-17(12)16-11/h1-7H. The Hall–Kier alpha value is -1.58. The van der Waals surface area contributed by atoms with Crippen molar-refractivity contribution in [3.63, 3.8) is 0 Å². The Kier molecular flexibility index (Phi) is 2.50. The van der Waals surface area contributed by atoms with Crippen molar-refractivity contribution in [2.24, 2.45) is 0 Å². The summed E-state index contributed by atoms with van der Waals surface area (Å²) in [6.07, 6.45) is 1.81. The zero-order valence-corrected chi connectivity index (χ0v) is 10.2. The maximum absolute atomic E-state index is 6.04. The molecule has 0 N–H and O–H groups in total. The predicted octanol–water partition coefficient (Wildman–Crippen LogP) is 3.70. The van der Waals surface area contributed by atoms with Gasteiger partial charge in [-0.3, -0.25) is 0 Å². The van der Waals surface area contributed by atoms with Crippen molar-refractivity contribution in [1.82, 2.24) is 14.6 Å². The SMILES string of the molecule is Clc1ccc(-c2nc3c(Cl)cccn3n2)cc1. The average molecular weight is 264 g/mol. The van der Waals surface area contributed by atoms with Crippen LogP contribution in [0.4, 0.5) is 0 Å². The average Bonchev–Trinajstić information content (AvgIpc) is 2.75. The number of hydrogen-bond acceptors (Lipinski definition) is 2. The molecule has 5 heteroatoms. The van der Waals surface area contributed by atoms with E-state index in [0.717, 1.165) is 5.56 Å². The first-order chi connectivity index (χ1) is 8.24. The van der Waals surface area contributed by atoms with E-state index in [1.165, 1.54) is 0 Å². The van der Waals surface area contributed by atoms with Gasteiger partial charge in [-0.05, 0) is 36.4 Å². The molecule has 0 bridgehead atoms. The molecule has 2 heterocycles. The molecular weight excluding hydrogens is 257 g/mol. The Morgan fingerprint density at radius 3 is 2.47 bits per heavy atom. The molecule has 3 rings (SSSR count). The first-order valence-corrected chi connectivity index (χ1v) is 5.76. The molecule has 3 aromatic rings. The molecule has 0 saturated carbocycles. The van der Waals surface area contributed by atoms with Gasteiger partial charge in [-0.25, -0.2) is 9.50 Å². The van der Waals surface area contributed by atoms with Crippen molar-refractivity contribution in [3.8, 4) is 11.4 Å². The molecule has 0 aliphatic heterocycles. The fourth-order valence-electron chi connectivity index (χ4n) is 1.59. The Labute approximate surface area is 108 Å². The van der Waals surface area contributed by atoms with Crippen molar-refractivity contribution in [3.05, 3.63) is 52.6 Å². The number of hydrogen-bond donors (Lipinski definition) is 0. The van der Waals surface area contributed by atoms with Crippen molar-refractivity contribution in [1.29, 1.82) is 0 Å². The van der Waals surface area contributed by atoms with E-state index in [4.69, 9.17) is 23.2 Å². The van der Waals surface area contributed by atoms with E-state index >= 15 is 0 Å². The van der Waals surface area contributed by atoms with Crippen molar-refractivity contribution < 1.29 is 0 Å². The summed E-state index contributed by atoms with van der Waals surface area (Å²) >= 11 is 11.9. The third-order valence-corrected chi connectivity index (χ3v) is 2.96. The summed E-state index contributed by atoms with van der Waals surface area (Å²) < 4.78 is 1.66. The maximum Gasteiger partial charge on any atom is 0.182 e. The van der Waals surface area contributed by atoms with E-state index in [0.29, 0.717) is 21.5 Å². The topological polar surface area (TPSA) is 30.2 Å². The molecule has 1 aromatic carbocycles. The Bertz CT molecular complexity index is 674. The first-order valence-electron chi connectivity index (χ1n) is 5.01. The highest BCUT2D eigenvalue weighted by atomic mass is 35.5. The molecule has 0 fully saturated rings. The fourth-order valence-corrected chi connectivity index (χ4v) is 1.92. The minimum atomic E-state index is 0.584. The van der Waals surface area contributed by atoms with Crippen LogP contribution in [-0.2, 0) is 0 Å². The predicted molar refractivity (Wildman–Crippen MR) is 68.4 cm³/mol.